The lowest BCUT2D eigenvalue weighted by Crippen LogP contribution is -2.30. The van der Waals surface area contributed by atoms with Crippen molar-refractivity contribution in [2.75, 3.05) is 13.1 Å². The average molecular weight is 288 g/mol. The lowest BCUT2D eigenvalue weighted by atomic mass is 10.1. The number of hydrogen-bond donors (Lipinski definition) is 1. The molecule has 1 aliphatic rings. The molecule has 0 saturated carbocycles. The Hall–Kier alpha value is -2.37. The van der Waals surface area contributed by atoms with E-state index in [1.54, 1.807) is 4.90 Å². The summed E-state index contributed by atoms with van der Waals surface area (Å²) in [5.74, 6) is -0.762. The SMILES string of the molecule is O=C(O)C1CCN(C(=O)CCc2nc3ccccc3o2)C1. The topological polar surface area (TPSA) is 83.6 Å². The summed E-state index contributed by atoms with van der Waals surface area (Å²) in [6.45, 7) is 0.824. The first-order valence-corrected chi connectivity index (χ1v) is 6.98. The second kappa shape index (κ2) is 5.55. The number of carbonyl (C=O) groups is 2. The minimum Gasteiger partial charge on any atom is -0.481 e. The van der Waals surface area contributed by atoms with Gasteiger partial charge < -0.3 is 14.4 Å². The number of aromatic nitrogens is 1. The maximum atomic E-state index is 12.1. The van der Waals surface area contributed by atoms with E-state index in [0.717, 1.165) is 5.52 Å². The Morgan fingerprint density at radius 2 is 2.19 bits per heavy atom. The number of hydrogen-bond acceptors (Lipinski definition) is 4. The molecule has 0 radical (unpaired) electrons. The molecule has 1 amide bonds. The van der Waals surface area contributed by atoms with E-state index in [4.69, 9.17) is 9.52 Å². The van der Waals surface area contributed by atoms with Crippen LogP contribution in [0.15, 0.2) is 28.7 Å². The van der Waals surface area contributed by atoms with Crippen molar-refractivity contribution in [3.63, 3.8) is 0 Å². The molecule has 0 bridgehead atoms. The van der Waals surface area contributed by atoms with Crippen molar-refractivity contribution in [2.24, 2.45) is 5.92 Å². The molecular formula is C15H16N2O4. The fraction of sp³-hybridized carbons (Fsp3) is 0.400. The molecule has 1 saturated heterocycles. The molecule has 0 spiro atoms. The number of benzene rings is 1. The monoisotopic (exact) mass is 288 g/mol. The number of para-hydroxylation sites is 2. The van der Waals surface area contributed by atoms with E-state index in [1.807, 2.05) is 24.3 Å². The van der Waals surface area contributed by atoms with E-state index >= 15 is 0 Å². The van der Waals surface area contributed by atoms with Gasteiger partial charge in [-0.25, -0.2) is 4.98 Å². The molecule has 6 heteroatoms. The maximum absolute atomic E-state index is 12.1. The van der Waals surface area contributed by atoms with Crippen LogP contribution >= 0.6 is 0 Å². The van der Waals surface area contributed by atoms with Crippen LogP contribution in [0.4, 0.5) is 0 Å². The van der Waals surface area contributed by atoms with Gasteiger partial charge in [0.2, 0.25) is 5.91 Å². The van der Waals surface area contributed by atoms with E-state index < -0.39 is 11.9 Å². The van der Waals surface area contributed by atoms with Gasteiger partial charge in [0.05, 0.1) is 5.92 Å². The van der Waals surface area contributed by atoms with Crippen LogP contribution in [0.25, 0.3) is 11.1 Å². The van der Waals surface area contributed by atoms with Crippen LogP contribution in [0, 0.1) is 5.92 Å². The lowest BCUT2D eigenvalue weighted by molar-refractivity contribution is -0.141. The first kappa shape index (κ1) is 13.6. The summed E-state index contributed by atoms with van der Waals surface area (Å²) < 4.78 is 5.56. The van der Waals surface area contributed by atoms with Gasteiger partial charge in [-0.05, 0) is 18.6 Å². The highest BCUT2D eigenvalue weighted by Gasteiger charge is 2.30. The zero-order valence-corrected chi connectivity index (χ0v) is 11.5. The fourth-order valence-corrected chi connectivity index (χ4v) is 2.59. The van der Waals surface area contributed by atoms with E-state index in [0.29, 0.717) is 43.8 Å². The Balaban J connectivity index is 1.57. The molecule has 0 aliphatic carbocycles. The van der Waals surface area contributed by atoms with Crippen LogP contribution in [0.2, 0.25) is 0 Å². The molecule has 1 aromatic heterocycles. The predicted octanol–water partition coefficient (Wildman–Crippen LogP) is 1.69. The fourth-order valence-electron chi connectivity index (χ4n) is 2.59. The van der Waals surface area contributed by atoms with Crippen molar-refractivity contribution in [3.05, 3.63) is 30.2 Å². The summed E-state index contributed by atoms with van der Waals surface area (Å²) in [5.41, 5.74) is 1.50. The van der Waals surface area contributed by atoms with E-state index in [9.17, 15) is 9.59 Å². The number of likely N-dealkylation sites (tertiary alicyclic amines) is 1. The van der Waals surface area contributed by atoms with E-state index in [2.05, 4.69) is 4.98 Å². The lowest BCUT2D eigenvalue weighted by Gasteiger charge is -2.14. The first-order valence-electron chi connectivity index (χ1n) is 6.98. The molecule has 1 N–H and O–H groups in total. The predicted molar refractivity (Wildman–Crippen MR) is 74.7 cm³/mol. The molecule has 1 aromatic carbocycles. The molecule has 1 fully saturated rings. The highest BCUT2D eigenvalue weighted by Crippen LogP contribution is 2.19. The molecule has 3 rings (SSSR count). The summed E-state index contributed by atoms with van der Waals surface area (Å²) in [6.07, 6.45) is 1.25. The van der Waals surface area contributed by atoms with Crippen LogP contribution < -0.4 is 0 Å². The van der Waals surface area contributed by atoms with Gasteiger partial charge in [-0.2, -0.15) is 0 Å². The molecule has 2 aromatic rings. The smallest absolute Gasteiger partial charge is 0.308 e. The van der Waals surface area contributed by atoms with Crippen molar-refractivity contribution in [3.8, 4) is 0 Å². The van der Waals surface area contributed by atoms with Gasteiger partial charge in [0.15, 0.2) is 11.5 Å². The van der Waals surface area contributed by atoms with Crippen LogP contribution in [0.3, 0.4) is 0 Å². The Morgan fingerprint density at radius 3 is 2.90 bits per heavy atom. The summed E-state index contributed by atoms with van der Waals surface area (Å²) in [6, 6.07) is 7.46. The van der Waals surface area contributed by atoms with Crippen molar-refractivity contribution in [2.45, 2.75) is 19.3 Å². The van der Waals surface area contributed by atoms with Gasteiger partial charge in [0.1, 0.15) is 5.52 Å². The minimum absolute atomic E-state index is 0.0407. The van der Waals surface area contributed by atoms with Crippen molar-refractivity contribution < 1.29 is 19.1 Å². The van der Waals surface area contributed by atoms with E-state index in [1.165, 1.54) is 0 Å². The number of amides is 1. The number of rotatable bonds is 4. The highest BCUT2D eigenvalue weighted by molar-refractivity contribution is 5.79. The molecule has 1 unspecified atom stereocenters. The second-order valence-electron chi connectivity index (χ2n) is 5.24. The Bertz CT molecular complexity index is 646. The minimum atomic E-state index is -0.829. The zero-order valence-electron chi connectivity index (χ0n) is 11.5. The van der Waals surface area contributed by atoms with Gasteiger partial charge >= 0.3 is 5.97 Å². The second-order valence-corrected chi connectivity index (χ2v) is 5.24. The number of aliphatic carboxylic acids is 1. The van der Waals surface area contributed by atoms with Crippen LogP contribution in [0.5, 0.6) is 0 Å². The van der Waals surface area contributed by atoms with Crippen molar-refractivity contribution in [1.29, 1.82) is 0 Å². The van der Waals surface area contributed by atoms with Gasteiger partial charge in [-0.1, -0.05) is 12.1 Å². The quantitative estimate of drug-likeness (QED) is 0.925. The molecule has 1 aliphatic heterocycles. The summed E-state index contributed by atoms with van der Waals surface area (Å²) in [7, 11) is 0. The number of carboxylic acids is 1. The number of nitrogens with zero attached hydrogens (tertiary/aromatic N) is 2. The number of carbonyl (C=O) groups excluding carboxylic acids is 1. The average Bonchev–Trinajstić information content (AvgIpc) is 3.11. The van der Waals surface area contributed by atoms with Crippen LogP contribution in [-0.4, -0.2) is 40.0 Å². The number of fused-ring (bicyclic) bond motifs is 1. The normalized spacial score (nSPS) is 18.3. The summed E-state index contributed by atoms with van der Waals surface area (Å²) in [5, 5.41) is 8.94. The molecule has 21 heavy (non-hydrogen) atoms. The maximum Gasteiger partial charge on any atom is 0.308 e. The van der Waals surface area contributed by atoms with Gasteiger partial charge in [0.25, 0.3) is 0 Å². The van der Waals surface area contributed by atoms with E-state index in [-0.39, 0.29) is 5.91 Å². The van der Waals surface area contributed by atoms with Gasteiger partial charge in [0, 0.05) is 25.9 Å². The summed E-state index contributed by atoms with van der Waals surface area (Å²) >= 11 is 0. The molecule has 2 heterocycles. The standard InChI is InChI=1S/C15H16N2O4/c18-14(17-8-7-10(9-17)15(19)20)6-5-13-16-11-3-1-2-4-12(11)21-13/h1-4,10H,5-9H2,(H,19,20). The Morgan fingerprint density at radius 1 is 1.38 bits per heavy atom. The van der Waals surface area contributed by atoms with Gasteiger partial charge in [-0.15, -0.1) is 0 Å². The molecule has 6 nitrogen and oxygen atoms in total. The van der Waals surface area contributed by atoms with Crippen molar-refractivity contribution in [1.82, 2.24) is 9.88 Å². The Labute approximate surface area is 121 Å². The van der Waals surface area contributed by atoms with Crippen LogP contribution in [0.1, 0.15) is 18.7 Å². The zero-order chi connectivity index (χ0) is 14.8. The third kappa shape index (κ3) is 2.89. The third-order valence-corrected chi connectivity index (χ3v) is 3.78. The van der Waals surface area contributed by atoms with Crippen molar-refractivity contribution >= 4 is 23.0 Å². The largest absolute Gasteiger partial charge is 0.481 e. The van der Waals surface area contributed by atoms with Crippen LogP contribution in [-0.2, 0) is 16.0 Å². The number of oxazole rings is 1. The molecular weight excluding hydrogens is 272 g/mol. The highest BCUT2D eigenvalue weighted by atomic mass is 16.4. The number of aryl methyl sites for hydroxylation is 1. The molecule has 1 atom stereocenters. The number of carboxylic acid groups (broad SMARTS) is 1. The third-order valence-electron chi connectivity index (χ3n) is 3.78. The Kier molecular flexibility index (Phi) is 3.60. The summed E-state index contributed by atoms with van der Waals surface area (Å²) in [4.78, 5) is 28.9. The first-order chi connectivity index (χ1) is 10.1. The molecule has 110 valence electrons. The van der Waals surface area contributed by atoms with Gasteiger partial charge in [-0.3, -0.25) is 9.59 Å².